The Bertz CT molecular complexity index is 579. The third-order valence-electron chi connectivity index (χ3n) is 3.55. The molecule has 20 heavy (non-hydrogen) atoms. The summed E-state index contributed by atoms with van der Waals surface area (Å²) in [6.07, 6.45) is 3.13. The van der Waals surface area contributed by atoms with E-state index in [0.717, 1.165) is 30.6 Å². The summed E-state index contributed by atoms with van der Waals surface area (Å²) in [7, 11) is 0. The van der Waals surface area contributed by atoms with Crippen LogP contribution in [-0.2, 0) is 0 Å². The molecule has 3 rings (SSSR count). The van der Waals surface area contributed by atoms with Crippen molar-refractivity contribution in [3.05, 3.63) is 29.3 Å². The Morgan fingerprint density at radius 3 is 3.05 bits per heavy atom. The van der Waals surface area contributed by atoms with Crippen molar-refractivity contribution >= 4 is 17.2 Å². The predicted molar refractivity (Wildman–Crippen MR) is 75.5 cm³/mol. The Labute approximate surface area is 120 Å². The molecule has 2 heterocycles. The fourth-order valence-electron chi connectivity index (χ4n) is 2.44. The lowest BCUT2D eigenvalue weighted by atomic mass is 9.92. The van der Waals surface area contributed by atoms with Crippen LogP contribution in [-0.4, -0.2) is 28.3 Å². The number of thiophene rings is 1. The van der Waals surface area contributed by atoms with Crippen LogP contribution in [0.2, 0.25) is 0 Å². The predicted octanol–water partition coefficient (Wildman–Crippen LogP) is 2.44. The minimum Gasteiger partial charge on any atom is -0.391 e. The number of amides is 1. The molecule has 2 unspecified atom stereocenters. The number of hydrogen-bond donors (Lipinski definition) is 2. The highest BCUT2D eigenvalue weighted by atomic mass is 32.1. The van der Waals surface area contributed by atoms with Crippen molar-refractivity contribution < 1.29 is 14.4 Å². The van der Waals surface area contributed by atoms with Gasteiger partial charge in [-0.1, -0.05) is 24.1 Å². The van der Waals surface area contributed by atoms with Gasteiger partial charge in [0.2, 0.25) is 0 Å². The van der Waals surface area contributed by atoms with E-state index >= 15 is 0 Å². The fourth-order valence-corrected chi connectivity index (χ4v) is 3.11. The molecule has 1 fully saturated rings. The summed E-state index contributed by atoms with van der Waals surface area (Å²) < 4.78 is 5.18. The maximum atomic E-state index is 12.1. The van der Waals surface area contributed by atoms with Crippen molar-refractivity contribution in [2.24, 2.45) is 0 Å². The van der Waals surface area contributed by atoms with E-state index in [-0.39, 0.29) is 17.6 Å². The summed E-state index contributed by atoms with van der Waals surface area (Å²) in [6, 6.07) is 5.28. The molecule has 1 aliphatic rings. The van der Waals surface area contributed by atoms with E-state index in [2.05, 4.69) is 10.5 Å². The second-order valence-corrected chi connectivity index (χ2v) is 5.93. The monoisotopic (exact) mass is 292 g/mol. The average Bonchev–Trinajstić information content (AvgIpc) is 3.11. The highest BCUT2D eigenvalue weighted by molar-refractivity contribution is 7.13. The molecule has 1 aliphatic carbocycles. The van der Waals surface area contributed by atoms with Crippen LogP contribution in [0.4, 0.5) is 0 Å². The topological polar surface area (TPSA) is 75.4 Å². The molecule has 0 radical (unpaired) electrons. The van der Waals surface area contributed by atoms with Gasteiger partial charge in [-0.05, 0) is 24.3 Å². The molecule has 106 valence electrons. The summed E-state index contributed by atoms with van der Waals surface area (Å²) in [6.45, 7) is 0. The van der Waals surface area contributed by atoms with Gasteiger partial charge in [-0.25, -0.2) is 0 Å². The molecule has 1 saturated carbocycles. The second kappa shape index (κ2) is 5.76. The number of aromatic nitrogens is 1. The highest BCUT2D eigenvalue weighted by Crippen LogP contribution is 2.25. The van der Waals surface area contributed by atoms with Gasteiger partial charge in [0.15, 0.2) is 11.5 Å². The second-order valence-electron chi connectivity index (χ2n) is 4.99. The van der Waals surface area contributed by atoms with Gasteiger partial charge in [0, 0.05) is 6.07 Å². The Morgan fingerprint density at radius 1 is 1.45 bits per heavy atom. The van der Waals surface area contributed by atoms with E-state index in [9.17, 15) is 9.90 Å². The quantitative estimate of drug-likeness (QED) is 0.911. The molecular formula is C14H16N2O3S. The van der Waals surface area contributed by atoms with Crippen molar-refractivity contribution in [3.63, 3.8) is 0 Å². The lowest BCUT2D eigenvalue weighted by Gasteiger charge is -2.27. The molecule has 0 aliphatic heterocycles. The van der Waals surface area contributed by atoms with Crippen molar-refractivity contribution in [2.45, 2.75) is 37.8 Å². The number of carbonyl (C=O) groups excluding carboxylic acids is 1. The molecule has 2 aromatic heterocycles. The number of aliphatic hydroxyl groups is 1. The van der Waals surface area contributed by atoms with Gasteiger partial charge in [0.1, 0.15) is 0 Å². The van der Waals surface area contributed by atoms with Gasteiger partial charge >= 0.3 is 0 Å². The van der Waals surface area contributed by atoms with E-state index in [1.165, 1.54) is 11.3 Å². The minimum atomic E-state index is -0.462. The Morgan fingerprint density at radius 2 is 2.30 bits per heavy atom. The first-order valence-electron chi connectivity index (χ1n) is 6.73. The minimum absolute atomic E-state index is 0.182. The number of rotatable bonds is 3. The van der Waals surface area contributed by atoms with E-state index in [0.29, 0.717) is 5.76 Å². The molecule has 0 aromatic carbocycles. The zero-order chi connectivity index (χ0) is 13.9. The van der Waals surface area contributed by atoms with Crippen LogP contribution >= 0.6 is 11.3 Å². The molecule has 0 spiro atoms. The summed E-state index contributed by atoms with van der Waals surface area (Å²) in [5.74, 6) is 0.303. The standard InChI is InChI=1S/C14H16N2O3S/c17-11-5-2-1-4-9(11)15-14(18)10-8-12(19-16-10)13-6-3-7-20-13/h3,6-9,11,17H,1-2,4-5H2,(H,15,18). The fraction of sp³-hybridized carbons (Fsp3) is 0.429. The summed E-state index contributed by atoms with van der Waals surface area (Å²) >= 11 is 1.53. The normalized spacial score (nSPS) is 22.6. The zero-order valence-corrected chi connectivity index (χ0v) is 11.7. The number of hydrogen-bond acceptors (Lipinski definition) is 5. The van der Waals surface area contributed by atoms with E-state index in [4.69, 9.17) is 4.52 Å². The van der Waals surface area contributed by atoms with Crippen molar-refractivity contribution in [1.29, 1.82) is 0 Å². The largest absolute Gasteiger partial charge is 0.391 e. The van der Waals surface area contributed by atoms with Crippen molar-refractivity contribution in [3.8, 4) is 10.6 Å². The molecule has 0 bridgehead atoms. The van der Waals surface area contributed by atoms with Crippen LogP contribution in [0.25, 0.3) is 10.6 Å². The van der Waals surface area contributed by atoms with Crippen LogP contribution in [0.15, 0.2) is 28.1 Å². The lowest BCUT2D eigenvalue weighted by molar-refractivity contribution is 0.0711. The summed E-state index contributed by atoms with van der Waals surface area (Å²) in [4.78, 5) is 13.0. The first kappa shape index (κ1) is 13.3. The van der Waals surface area contributed by atoms with Crippen molar-refractivity contribution in [1.82, 2.24) is 10.5 Å². The third-order valence-corrected chi connectivity index (χ3v) is 4.44. The molecule has 2 N–H and O–H groups in total. The maximum absolute atomic E-state index is 12.1. The van der Waals surface area contributed by atoms with Crippen LogP contribution in [0.1, 0.15) is 36.2 Å². The van der Waals surface area contributed by atoms with Gasteiger partial charge in [-0.15, -0.1) is 11.3 Å². The number of aliphatic hydroxyl groups excluding tert-OH is 1. The molecule has 6 heteroatoms. The van der Waals surface area contributed by atoms with Gasteiger partial charge in [-0.2, -0.15) is 0 Å². The summed E-state index contributed by atoms with van der Waals surface area (Å²) in [5, 5.41) is 18.4. The van der Waals surface area contributed by atoms with Gasteiger partial charge in [0.25, 0.3) is 5.91 Å². The maximum Gasteiger partial charge on any atom is 0.273 e. The van der Waals surface area contributed by atoms with Crippen LogP contribution in [0.3, 0.4) is 0 Å². The van der Waals surface area contributed by atoms with E-state index < -0.39 is 6.10 Å². The highest BCUT2D eigenvalue weighted by Gasteiger charge is 2.26. The average molecular weight is 292 g/mol. The molecule has 1 amide bonds. The Balaban J connectivity index is 1.68. The smallest absolute Gasteiger partial charge is 0.273 e. The Kier molecular flexibility index (Phi) is 3.84. The number of nitrogens with zero attached hydrogens (tertiary/aromatic N) is 1. The zero-order valence-electron chi connectivity index (χ0n) is 10.9. The number of nitrogens with one attached hydrogen (secondary N) is 1. The summed E-state index contributed by atoms with van der Waals surface area (Å²) in [5.41, 5.74) is 0.256. The SMILES string of the molecule is O=C(NC1CCCCC1O)c1cc(-c2cccs2)on1. The molecular weight excluding hydrogens is 276 g/mol. The van der Waals surface area contributed by atoms with Gasteiger partial charge in [0.05, 0.1) is 17.0 Å². The van der Waals surface area contributed by atoms with Crippen molar-refractivity contribution in [2.75, 3.05) is 0 Å². The van der Waals surface area contributed by atoms with E-state index in [1.807, 2.05) is 17.5 Å². The van der Waals surface area contributed by atoms with Gasteiger partial charge in [-0.3, -0.25) is 4.79 Å². The van der Waals surface area contributed by atoms with Crippen LogP contribution in [0, 0.1) is 0 Å². The first-order valence-corrected chi connectivity index (χ1v) is 7.61. The first-order chi connectivity index (χ1) is 9.74. The number of carbonyl (C=O) groups is 1. The third kappa shape index (κ3) is 2.76. The van der Waals surface area contributed by atoms with E-state index in [1.54, 1.807) is 6.07 Å². The molecule has 0 saturated heterocycles. The molecule has 2 atom stereocenters. The Hall–Kier alpha value is -1.66. The lowest BCUT2D eigenvalue weighted by Crippen LogP contribution is -2.45. The molecule has 5 nitrogen and oxygen atoms in total. The van der Waals surface area contributed by atoms with Gasteiger partial charge < -0.3 is 14.9 Å². The molecule has 2 aromatic rings. The van der Waals surface area contributed by atoms with Crippen LogP contribution < -0.4 is 5.32 Å². The van der Waals surface area contributed by atoms with Crippen LogP contribution in [0.5, 0.6) is 0 Å².